The van der Waals surface area contributed by atoms with Crippen molar-refractivity contribution in [1.82, 2.24) is 20.4 Å². The van der Waals surface area contributed by atoms with Crippen LogP contribution in [0.15, 0.2) is 60.9 Å². The SMILES string of the molecule is Cn1cc(C(NC(=O)C(NC(=O)OCC2c3ccccc3-c3ccccc32)C2CC2)C(=O)O)cn1. The lowest BCUT2D eigenvalue weighted by atomic mass is 9.98. The summed E-state index contributed by atoms with van der Waals surface area (Å²) in [5, 5.41) is 18.8. The van der Waals surface area contributed by atoms with E-state index in [0.29, 0.717) is 5.56 Å². The van der Waals surface area contributed by atoms with Crippen molar-refractivity contribution in [2.24, 2.45) is 13.0 Å². The molecule has 1 fully saturated rings. The van der Waals surface area contributed by atoms with Gasteiger partial charge in [-0.05, 0) is 41.0 Å². The minimum atomic E-state index is -1.26. The Bertz CT molecular complexity index is 1240. The van der Waals surface area contributed by atoms with Crippen LogP contribution in [0, 0.1) is 5.92 Å². The number of benzene rings is 2. The maximum atomic E-state index is 13.0. The number of nitrogens with one attached hydrogen (secondary N) is 2. The molecule has 2 aliphatic carbocycles. The minimum Gasteiger partial charge on any atom is -0.479 e. The standard InChI is InChI=1S/C26H26N4O5/c1-30-13-16(12-27-30)23(25(32)33)28-24(31)22(15-10-11-15)29-26(34)35-14-21-19-8-4-2-6-17(19)18-7-3-5-9-20(18)21/h2-9,12-13,15,21-23H,10-11,14H2,1H3,(H,28,31)(H,29,34)(H,32,33). The van der Waals surface area contributed by atoms with Crippen LogP contribution in [0.2, 0.25) is 0 Å². The van der Waals surface area contributed by atoms with Gasteiger partial charge in [-0.2, -0.15) is 5.10 Å². The van der Waals surface area contributed by atoms with Crippen LogP contribution in [0.5, 0.6) is 0 Å². The second kappa shape index (κ2) is 9.25. The lowest BCUT2D eigenvalue weighted by Gasteiger charge is -2.21. The van der Waals surface area contributed by atoms with Crippen molar-refractivity contribution in [2.45, 2.75) is 30.8 Å². The summed E-state index contributed by atoms with van der Waals surface area (Å²) in [6, 6.07) is 14.0. The zero-order chi connectivity index (χ0) is 24.5. The Hall–Kier alpha value is -4.14. The quantitative estimate of drug-likeness (QED) is 0.461. The van der Waals surface area contributed by atoms with Gasteiger partial charge in [0.25, 0.3) is 0 Å². The normalized spacial score (nSPS) is 16.0. The molecule has 1 aromatic heterocycles. The fourth-order valence-electron chi connectivity index (χ4n) is 4.70. The summed E-state index contributed by atoms with van der Waals surface area (Å²) in [6.07, 6.45) is 3.76. The third-order valence-corrected chi connectivity index (χ3v) is 6.58. The number of aromatic nitrogens is 2. The summed E-state index contributed by atoms with van der Waals surface area (Å²) < 4.78 is 7.04. The van der Waals surface area contributed by atoms with Gasteiger partial charge in [-0.15, -0.1) is 0 Å². The molecule has 0 aliphatic heterocycles. The van der Waals surface area contributed by atoms with Gasteiger partial charge in [0.2, 0.25) is 5.91 Å². The average Bonchev–Trinajstić information content (AvgIpc) is 3.52. The van der Waals surface area contributed by atoms with E-state index in [1.54, 1.807) is 7.05 Å². The molecule has 0 spiro atoms. The largest absolute Gasteiger partial charge is 0.479 e. The van der Waals surface area contributed by atoms with Crippen LogP contribution in [0.3, 0.4) is 0 Å². The molecule has 5 rings (SSSR count). The fraction of sp³-hybridized carbons (Fsp3) is 0.308. The Balaban J connectivity index is 1.25. The van der Waals surface area contributed by atoms with E-state index in [0.717, 1.165) is 35.1 Å². The van der Waals surface area contributed by atoms with Crippen molar-refractivity contribution in [3.63, 3.8) is 0 Å². The highest BCUT2D eigenvalue weighted by Gasteiger charge is 2.39. The monoisotopic (exact) mass is 474 g/mol. The zero-order valence-corrected chi connectivity index (χ0v) is 19.2. The number of amides is 2. The molecule has 2 unspecified atom stereocenters. The zero-order valence-electron chi connectivity index (χ0n) is 19.2. The smallest absolute Gasteiger partial charge is 0.407 e. The van der Waals surface area contributed by atoms with E-state index in [2.05, 4.69) is 27.9 Å². The molecule has 1 heterocycles. The summed E-state index contributed by atoms with van der Waals surface area (Å²) in [6.45, 7) is 0.131. The van der Waals surface area contributed by atoms with Gasteiger partial charge in [0.15, 0.2) is 6.04 Å². The molecule has 3 aromatic rings. The summed E-state index contributed by atoms with van der Waals surface area (Å²) in [4.78, 5) is 37.5. The predicted octanol–water partition coefficient (Wildman–Crippen LogP) is 2.98. The Morgan fingerprint density at radius 3 is 2.23 bits per heavy atom. The second-order valence-electron chi connectivity index (χ2n) is 9.01. The fourth-order valence-corrected chi connectivity index (χ4v) is 4.70. The number of nitrogens with zero attached hydrogens (tertiary/aromatic N) is 2. The number of ether oxygens (including phenoxy) is 1. The molecule has 3 N–H and O–H groups in total. The molecule has 1 saturated carbocycles. The van der Waals surface area contributed by atoms with E-state index in [1.165, 1.54) is 17.1 Å². The average molecular weight is 475 g/mol. The van der Waals surface area contributed by atoms with Gasteiger partial charge >= 0.3 is 12.1 Å². The van der Waals surface area contributed by atoms with E-state index in [1.807, 2.05) is 36.4 Å². The number of carboxylic acid groups (broad SMARTS) is 1. The highest BCUT2D eigenvalue weighted by molar-refractivity contribution is 5.90. The number of alkyl carbamates (subject to hydrolysis) is 1. The topological polar surface area (TPSA) is 123 Å². The molecule has 2 amide bonds. The first-order valence-corrected chi connectivity index (χ1v) is 11.6. The van der Waals surface area contributed by atoms with Crippen LogP contribution >= 0.6 is 0 Å². The van der Waals surface area contributed by atoms with Crippen LogP contribution in [0.25, 0.3) is 11.1 Å². The van der Waals surface area contributed by atoms with Gasteiger partial charge in [0.05, 0.1) is 6.20 Å². The van der Waals surface area contributed by atoms with Crippen molar-refractivity contribution in [3.05, 3.63) is 77.6 Å². The first kappa shape index (κ1) is 22.6. The van der Waals surface area contributed by atoms with Gasteiger partial charge in [-0.1, -0.05) is 48.5 Å². The maximum absolute atomic E-state index is 13.0. The predicted molar refractivity (Wildman–Crippen MR) is 126 cm³/mol. The van der Waals surface area contributed by atoms with Gasteiger partial charge in [0, 0.05) is 24.7 Å². The van der Waals surface area contributed by atoms with E-state index in [9.17, 15) is 19.5 Å². The number of hydrogen-bond acceptors (Lipinski definition) is 5. The van der Waals surface area contributed by atoms with E-state index >= 15 is 0 Å². The lowest BCUT2D eigenvalue weighted by molar-refractivity contribution is -0.142. The Morgan fingerprint density at radius 1 is 1.06 bits per heavy atom. The molecule has 0 saturated heterocycles. The number of fused-ring (bicyclic) bond motifs is 3. The van der Waals surface area contributed by atoms with Crippen LogP contribution in [0.1, 0.15) is 41.5 Å². The van der Waals surface area contributed by atoms with E-state index in [4.69, 9.17) is 4.74 Å². The van der Waals surface area contributed by atoms with E-state index in [-0.39, 0.29) is 18.4 Å². The first-order chi connectivity index (χ1) is 16.9. The van der Waals surface area contributed by atoms with Crippen LogP contribution in [-0.2, 0) is 21.4 Å². The van der Waals surface area contributed by atoms with Crippen molar-refractivity contribution >= 4 is 18.0 Å². The molecule has 0 bridgehead atoms. The summed E-state index contributed by atoms with van der Waals surface area (Å²) in [5.74, 6) is -1.92. The summed E-state index contributed by atoms with van der Waals surface area (Å²) >= 11 is 0. The molecular weight excluding hydrogens is 448 g/mol. The number of carbonyl (C=O) groups excluding carboxylic acids is 2. The molecule has 2 atom stereocenters. The van der Waals surface area contributed by atoms with Crippen LogP contribution in [0.4, 0.5) is 4.79 Å². The highest BCUT2D eigenvalue weighted by atomic mass is 16.5. The number of aryl methyl sites for hydroxylation is 1. The maximum Gasteiger partial charge on any atom is 0.407 e. The first-order valence-electron chi connectivity index (χ1n) is 11.6. The molecule has 2 aliphatic rings. The Labute approximate surface area is 202 Å². The van der Waals surface area contributed by atoms with Gasteiger partial charge in [0.1, 0.15) is 12.6 Å². The third kappa shape index (κ3) is 4.62. The number of rotatable bonds is 8. The minimum absolute atomic E-state index is 0.0566. The molecular formula is C26H26N4O5. The number of carboxylic acids is 1. The number of hydrogen-bond donors (Lipinski definition) is 3. The molecule has 35 heavy (non-hydrogen) atoms. The van der Waals surface area contributed by atoms with Crippen LogP contribution in [-0.4, -0.2) is 45.5 Å². The number of aliphatic carboxylic acids is 1. The van der Waals surface area contributed by atoms with Crippen molar-refractivity contribution in [2.75, 3.05) is 6.61 Å². The third-order valence-electron chi connectivity index (χ3n) is 6.58. The Kier molecular flexibility index (Phi) is 5.98. The van der Waals surface area contributed by atoms with Crippen molar-refractivity contribution in [1.29, 1.82) is 0 Å². The molecule has 2 aromatic carbocycles. The highest BCUT2D eigenvalue weighted by Crippen LogP contribution is 2.44. The summed E-state index contributed by atoms with van der Waals surface area (Å²) in [5.41, 5.74) is 4.80. The lowest BCUT2D eigenvalue weighted by Crippen LogP contribution is -2.50. The number of carbonyl (C=O) groups is 3. The van der Waals surface area contributed by atoms with Gasteiger partial charge in [-0.25, -0.2) is 9.59 Å². The Morgan fingerprint density at radius 2 is 1.69 bits per heavy atom. The molecule has 180 valence electrons. The van der Waals surface area contributed by atoms with Crippen molar-refractivity contribution < 1.29 is 24.2 Å². The molecule has 9 heteroatoms. The van der Waals surface area contributed by atoms with Crippen molar-refractivity contribution in [3.8, 4) is 11.1 Å². The van der Waals surface area contributed by atoms with Gasteiger partial charge < -0.3 is 20.5 Å². The molecule has 9 nitrogen and oxygen atoms in total. The van der Waals surface area contributed by atoms with Crippen LogP contribution < -0.4 is 10.6 Å². The molecule has 0 radical (unpaired) electrons. The van der Waals surface area contributed by atoms with Gasteiger partial charge in [-0.3, -0.25) is 9.48 Å². The summed E-state index contributed by atoms with van der Waals surface area (Å²) in [7, 11) is 1.66. The van der Waals surface area contributed by atoms with E-state index < -0.39 is 30.1 Å². The second-order valence-corrected chi connectivity index (χ2v) is 9.01.